The Labute approximate surface area is 122 Å². The Kier molecular flexibility index (Phi) is 4.43. The van der Waals surface area contributed by atoms with Gasteiger partial charge in [-0.15, -0.1) is 0 Å². The number of nitrogen functional groups attached to an aromatic ring is 1. The largest absolute Gasteiger partial charge is 0.399 e. The zero-order valence-corrected chi connectivity index (χ0v) is 12.8. The van der Waals surface area contributed by atoms with E-state index in [2.05, 4.69) is 51.8 Å². The average Bonchev–Trinajstić information content (AvgIpc) is 2.39. The van der Waals surface area contributed by atoms with Gasteiger partial charge in [-0.1, -0.05) is 12.1 Å². The fraction of sp³-hybridized carbons (Fsp3) is 0.267. The highest BCUT2D eigenvalue weighted by molar-refractivity contribution is 9.10. The molecule has 2 rings (SSSR count). The number of nitrogens with two attached hydrogens (primary N) is 1. The number of halogens is 1. The minimum Gasteiger partial charge on any atom is -0.399 e. The summed E-state index contributed by atoms with van der Waals surface area (Å²) in [4.78, 5) is 6.45. The Bertz CT molecular complexity index is 537. The van der Waals surface area contributed by atoms with Gasteiger partial charge in [0.15, 0.2) is 0 Å². The normalized spacial score (nSPS) is 10.7. The quantitative estimate of drug-likeness (QED) is 0.870. The van der Waals surface area contributed by atoms with Gasteiger partial charge in [-0.3, -0.25) is 4.98 Å². The molecule has 0 aliphatic carbocycles. The van der Waals surface area contributed by atoms with Crippen molar-refractivity contribution in [3.05, 3.63) is 52.8 Å². The van der Waals surface area contributed by atoms with Crippen LogP contribution >= 0.6 is 15.9 Å². The molecular formula is C15H18BrN3. The van der Waals surface area contributed by atoms with Gasteiger partial charge in [0.25, 0.3) is 0 Å². The molecule has 0 fully saturated rings. The highest BCUT2D eigenvalue weighted by Crippen LogP contribution is 2.28. The third-order valence-corrected chi connectivity index (χ3v) is 3.63. The lowest BCUT2D eigenvalue weighted by atomic mass is 10.1. The summed E-state index contributed by atoms with van der Waals surface area (Å²) in [5.41, 5.74) is 8.92. The van der Waals surface area contributed by atoms with Crippen molar-refractivity contribution < 1.29 is 0 Å². The van der Waals surface area contributed by atoms with Crippen molar-refractivity contribution in [1.82, 2.24) is 4.98 Å². The lowest BCUT2D eigenvalue weighted by Gasteiger charge is -2.30. The molecule has 1 aromatic heterocycles. The van der Waals surface area contributed by atoms with Crippen molar-refractivity contribution in [2.45, 2.75) is 26.4 Å². The van der Waals surface area contributed by atoms with Gasteiger partial charge in [-0.05, 0) is 53.5 Å². The first-order valence-corrected chi connectivity index (χ1v) is 7.08. The van der Waals surface area contributed by atoms with Crippen LogP contribution in [0.3, 0.4) is 0 Å². The molecule has 0 unspecified atom stereocenters. The van der Waals surface area contributed by atoms with Gasteiger partial charge in [0.2, 0.25) is 0 Å². The van der Waals surface area contributed by atoms with Crippen LogP contribution in [-0.4, -0.2) is 11.0 Å². The van der Waals surface area contributed by atoms with E-state index in [0.29, 0.717) is 6.04 Å². The van der Waals surface area contributed by atoms with E-state index in [-0.39, 0.29) is 0 Å². The molecule has 0 amide bonds. The van der Waals surface area contributed by atoms with Crippen molar-refractivity contribution in [3.8, 4) is 0 Å². The fourth-order valence-corrected chi connectivity index (χ4v) is 2.44. The first-order valence-electron chi connectivity index (χ1n) is 6.28. The van der Waals surface area contributed by atoms with Crippen LogP contribution in [0.2, 0.25) is 0 Å². The van der Waals surface area contributed by atoms with Crippen LogP contribution in [0.15, 0.2) is 47.2 Å². The summed E-state index contributed by atoms with van der Waals surface area (Å²) >= 11 is 3.57. The van der Waals surface area contributed by atoms with Crippen molar-refractivity contribution in [1.29, 1.82) is 0 Å². The molecular weight excluding hydrogens is 302 g/mol. The van der Waals surface area contributed by atoms with Crippen molar-refractivity contribution in [3.63, 3.8) is 0 Å². The number of rotatable bonds is 4. The predicted octanol–water partition coefficient (Wildman–Crippen LogP) is 3.84. The second kappa shape index (κ2) is 6.06. The smallest absolute Gasteiger partial charge is 0.0592 e. The van der Waals surface area contributed by atoms with E-state index in [1.807, 2.05) is 30.6 Å². The number of anilines is 2. The van der Waals surface area contributed by atoms with Crippen LogP contribution in [0.4, 0.5) is 11.4 Å². The highest BCUT2D eigenvalue weighted by Gasteiger charge is 2.13. The standard InChI is InChI=1S/C15H18BrN3/c1-11(2)19(15-7-8-18-9-14(15)16)10-12-3-5-13(17)6-4-12/h3-9,11H,10,17H2,1-2H3. The van der Waals surface area contributed by atoms with E-state index in [0.717, 1.165) is 22.4 Å². The molecule has 0 saturated heterocycles. The Balaban J connectivity index is 2.27. The monoisotopic (exact) mass is 319 g/mol. The topological polar surface area (TPSA) is 42.1 Å². The number of benzene rings is 1. The Hall–Kier alpha value is -1.55. The van der Waals surface area contributed by atoms with Gasteiger partial charge in [0.1, 0.15) is 0 Å². The Morgan fingerprint density at radius 2 is 1.89 bits per heavy atom. The maximum Gasteiger partial charge on any atom is 0.0592 e. The van der Waals surface area contributed by atoms with Gasteiger partial charge in [0.05, 0.1) is 10.2 Å². The van der Waals surface area contributed by atoms with Crippen molar-refractivity contribution in [2.24, 2.45) is 0 Å². The SMILES string of the molecule is CC(C)N(Cc1ccc(N)cc1)c1ccncc1Br. The molecule has 1 aromatic carbocycles. The minimum absolute atomic E-state index is 0.399. The van der Waals surface area contributed by atoms with Crippen LogP contribution in [0.5, 0.6) is 0 Å². The van der Waals surface area contributed by atoms with Gasteiger partial charge in [-0.2, -0.15) is 0 Å². The average molecular weight is 320 g/mol. The second-order valence-electron chi connectivity index (χ2n) is 4.79. The van der Waals surface area contributed by atoms with Gasteiger partial charge in [0, 0.05) is 30.7 Å². The summed E-state index contributed by atoms with van der Waals surface area (Å²) < 4.78 is 1.01. The lowest BCUT2D eigenvalue weighted by molar-refractivity contribution is 0.680. The number of nitrogens with zero attached hydrogens (tertiary/aromatic N) is 2. The number of pyridine rings is 1. The van der Waals surface area contributed by atoms with Crippen LogP contribution in [-0.2, 0) is 6.54 Å². The molecule has 0 atom stereocenters. The Morgan fingerprint density at radius 1 is 1.21 bits per heavy atom. The van der Waals surface area contributed by atoms with Crippen LogP contribution < -0.4 is 10.6 Å². The third kappa shape index (κ3) is 3.47. The molecule has 0 radical (unpaired) electrons. The van der Waals surface area contributed by atoms with E-state index in [1.54, 1.807) is 0 Å². The summed E-state index contributed by atoms with van der Waals surface area (Å²) in [6, 6.07) is 10.4. The molecule has 0 aliphatic rings. The van der Waals surface area contributed by atoms with Gasteiger partial charge >= 0.3 is 0 Å². The first-order chi connectivity index (χ1) is 9.08. The molecule has 0 bridgehead atoms. The van der Waals surface area contributed by atoms with Crippen molar-refractivity contribution in [2.75, 3.05) is 10.6 Å². The van der Waals surface area contributed by atoms with Crippen LogP contribution in [0.25, 0.3) is 0 Å². The first kappa shape index (κ1) is 13.9. The number of hydrogen-bond donors (Lipinski definition) is 1. The molecule has 0 spiro atoms. The molecule has 2 aromatic rings. The highest BCUT2D eigenvalue weighted by atomic mass is 79.9. The van der Waals surface area contributed by atoms with E-state index in [1.165, 1.54) is 5.56 Å². The molecule has 3 nitrogen and oxygen atoms in total. The minimum atomic E-state index is 0.399. The lowest BCUT2D eigenvalue weighted by Crippen LogP contribution is -2.30. The summed E-state index contributed by atoms with van der Waals surface area (Å²) in [5.74, 6) is 0. The summed E-state index contributed by atoms with van der Waals surface area (Å²) in [6.45, 7) is 5.22. The van der Waals surface area contributed by atoms with E-state index < -0.39 is 0 Å². The predicted molar refractivity (Wildman–Crippen MR) is 84.1 cm³/mol. The molecule has 2 N–H and O–H groups in total. The summed E-state index contributed by atoms with van der Waals surface area (Å²) in [7, 11) is 0. The Morgan fingerprint density at radius 3 is 2.47 bits per heavy atom. The fourth-order valence-electron chi connectivity index (χ4n) is 1.97. The molecule has 4 heteroatoms. The molecule has 0 saturated carbocycles. The zero-order chi connectivity index (χ0) is 13.8. The number of aromatic nitrogens is 1. The maximum absolute atomic E-state index is 5.72. The summed E-state index contributed by atoms with van der Waals surface area (Å²) in [6.07, 6.45) is 3.64. The number of hydrogen-bond acceptors (Lipinski definition) is 3. The molecule has 100 valence electrons. The van der Waals surface area contributed by atoms with E-state index in [4.69, 9.17) is 5.73 Å². The van der Waals surface area contributed by atoms with E-state index in [9.17, 15) is 0 Å². The van der Waals surface area contributed by atoms with Crippen LogP contribution in [0.1, 0.15) is 19.4 Å². The zero-order valence-electron chi connectivity index (χ0n) is 11.2. The van der Waals surface area contributed by atoms with Gasteiger partial charge < -0.3 is 10.6 Å². The van der Waals surface area contributed by atoms with E-state index >= 15 is 0 Å². The van der Waals surface area contributed by atoms with Gasteiger partial charge in [-0.25, -0.2) is 0 Å². The maximum atomic E-state index is 5.72. The van der Waals surface area contributed by atoms with Crippen LogP contribution in [0, 0.1) is 0 Å². The third-order valence-electron chi connectivity index (χ3n) is 3.02. The second-order valence-corrected chi connectivity index (χ2v) is 5.64. The molecule has 1 heterocycles. The molecule has 0 aliphatic heterocycles. The van der Waals surface area contributed by atoms with Crippen molar-refractivity contribution >= 4 is 27.3 Å². The molecule has 19 heavy (non-hydrogen) atoms. The summed E-state index contributed by atoms with van der Waals surface area (Å²) in [5, 5.41) is 0.